The number of aromatic nitrogens is 1. The first-order valence-corrected chi connectivity index (χ1v) is 6.51. The number of benzene rings is 1. The van der Waals surface area contributed by atoms with Gasteiger partial charge in [-0.15, -0.1) is 0 Å². The minimum absolute atomic E-state index is 0.322. The van der Waals surface area contributed by atoms with Crippen LogP contribution in [0.15, 0.2) is 41.6 Å². The Bertz CT molecular complexity index is 531. The zero-order valence-electron chi connectivity index (χ0n) is 9.28. The van der Waals surface area contributed by atoms with Crippen LogP contribution in [0.25, 0.3) is 0 Å². The molecular formula is C13H11ClFNS. The monoisotopic (exact) mass is 267 g/mol. The Hall–Kier alpha value is -1.06. The Kier molecular flexibility index (Phi) is 4.02. The largest absolute Gasteiger partial charge is 0.245 e. The van der Waals surface area contributed by atoms with Crippen molar-refractivity contribution in [3.63, 3.8) is 0 Å². The topological polar surface area (TPSA) is 12.9 Å². The fourth-order valence-electron chi connectivity index (χ4n) is 1.46. The van der Waals surface area contributed by atoms with Crippen LogP contribution in [-0.4, -0.2) is 4.98 Å². The van der Waals surface area contributed by atoms with Crippen molar-refractivity contribution in [2.75, 3.05) is 0 Å². The summed E-state index contributed by atoms with van der Waals surface area (Å²) in [6, 6.07) is 9.42. The molecular weight excluding hydrogens is 257 g/mol. The molecule has 88 valence electrons. The standard InChI is InChI=1S/C13H11ClFNS/c1-9-3-2-4-10(5-9)8-17-13-12(15)6-11(14)7-16-13/h2-7H,8H2,1H3. The van der Waals surface area contributed by atoms with Gasteiger partial charge in [-0.25, -0.2) is 9.37 Å². The van der Waals surface area contributed by atoms with E-state index in [0.717, 1.165) is 5.56 Å². The van der Waals surface area contributed by atoms with E-state index in [4.69, 9.17) is 11.6 Å². The lowest BCUT2D eigenvalue weighted by atomic mass is 10.2. The number of hydrogen-bond acceptors (Lipinski definition) is 2. The third-order valence-electron chi connectivity index (χ3n) is 2.23. The molecule has 1 nitrogen and oxygen atoms in total. The van der Waals surface area contributed by atoms with Crippen LogP contribution in [0.4, 0.5) is 4.39 Å². The van der Waals surface area contributed by atoms with Crippen molar-refractivity contribution >= 4 is 23.4 Å². The van der Waals surface area contributed by atoms with Gasteiger partial charge in [0.15, 0.2) is 5.82 Å². The second-order valence-electron chi connectivity index (χ2n) is 3.72. The molecule has 0 fully saturated rings. The number of hydrogen-bond donors (Lipinski definition) is 0. The highest BCUT2D eigenvalue weighted by Crippen LogP contribution is 2.25. The maximum absolute atomic E-state index is 13.5. The molecule has 0 radical (unpaired) electrons. The van der Waals surface area contributed by atoms with Gasteiger partial charge < -0.3 is 0 Å². The fourth-order valence-corrected chi connectivity index (χ4v) is 2.41. The summed E-state index contributed by atoms with van der Waals surface area (Å²) in [6.07, 6.45) is 1.46. The van der Waals surface area contributed by atoms with Crippen LogP contribution < -0.4 is 0 Å². The number of aryl methyl sites for hydroxylation is 1. The van der Waals surface area contributed by atoms with Crippen LogP contribution >= 0.6 is 23.4 Å². The van der Waals surface area contributed by atoms with Gasteiger partial charge in [-0.2, -0.15) is 0 Å². The minimum atomic E-state index is -0.366. The molecule has 17 heavy (non-hydrogen) atoms. The van der Waals surface area contributed by atoms with E-state index in [-0.39, 0.29) is 5.82 Å². The molecule has 0 atom stereocenters. The van der Waals surface area contributed by atoms with Crippen LogP contribution in [0.2, 0.25) is 5.02 Å². The van der Waals surface area contributed by atoms with Crippen LogP contribution in [-0.2, 0) is 5.75 Å². The minimum Gasteiger partial charge on any atom is -0.245 e. The molecule has 0 saturated carbocycles. The van der Waals surface area contributed by atoms with E-state index in [9.17, 15) is 4.39 Å². The summed E-state index contributed by atoms with van der Waals surface area (Å²) < 4.78 is 13.5. The molecule has 2 aromatic rings. The summed E-state index contributed by atoms with van der Waals surface area (Å²) in [6.45, 7) is 2.04. The number of halogens is 2. The van der Waals surface area contributed by atoms with Gasteiger partial charge in [0.25, 0.3) is 0 Å². The van der Waals surface area contributed by atoms with Gasteiger partial charge in [-0.1, -0.05) is 53.2 Å². The van der Waals surface area contributed by atoms with E-state index >= 15 is 0 Å². The van der Waals surface area contributed by atoms with E-state index < -0.39 is 0 Å². The van der Waals surface area contributed by atoms with Crippen molar-refractivity contribution in [2.24, 2.45) is 0 Å². The average Bonchev–Trinajstić information content (AvgIpc) is 2.28. The van der Waals surface area contributed by atoms with E-state index in [2.05, 4.69) is 11.1 Å². The van der Waals surface area contributed by atoms with Gasteiger partial charge in [0.1, 0.15) is 5.03 Å². The third kappa shape index (κ3) is 3.45. The molecule has 0 aliphatic heterocycles. The predicted octanol–water partition coefficient (Wildman–Crippen LogP) is 4.47. The summed E-state index contributed by atoms with van der Waals surface area (Å²) >= 11 is 7.02. The van der Waals surface area contributed by atoms with Crippen LogP contribution in [0.3, 0.4) is 0 Å². The zero-order chi connectivity index (χ0) is 12.3. The Morgan fingerprint density at radius 2 is 2.18 bits per heavy atom. The molecule has 0 amide bonds. The van der Waals surface area contributed by atoms with Crippen molar-refractivity contribution in [3.05, 3.63) is 58.5 Å². The molecule has 0 unspecified atom stereocenters. The van der Waals surface area contributed by atoms with E-state index in [1.54, 1.807) is 0 Å². The number of nitrogens with zero attached hydrogens (tertiary/aromatic N) is 1. The molecule has 0 bridgehead atoms. The van der Waals surface area contributed by atoms with Gasteiger partial charge in [0, 0.05) is 11.9 Å². The van der Waals surface area contributed by atoms with Crippen molar-refractivity contribution in [1.29, 1.82) is 0 Å². The average molecular weight is 268 g/mol. The Balaban J connectivity index is 2.07. The SMILES string of the molecule is Cc1cccc(CSc2ncc(Cl)cc2F)c1. The molecule has 1 aromatic carbocycles. The maximum atomic E-state index is 13.5. The van der Waals surface area contributed by atoms with Crippen LogP contribution in [0, 0.1) is 12.7 Å². The van der Waals surface area contributed by atoms with E-state index in [0.29, 0.717) is 15.8 Å². The Morgan fingerprint density at radius 1 is 1.35 bits per heavy atom. The highest BCUT2D eigenvalue weighted by Gasteiger charge is 2.05. The van der Waals surface area contributed by atoms with Gasteiger partial charge in [0.2, 0.25) is 0 Å². The molecule has 0 saturated heterocycles. The summed E-state index contributed by atoms with van der Waals surface area (Å²) in [4.78, 5) is 3.97. The molecule has 0 N–H and O–H groups in total. The van der Waals surface area contributed by atoms with Crippen molar-refractivity contribution < 1.29 is 4.39 Å². The normalized spacial score (nSPS) is 10.5. The molecule has 1 aromatic heterocycles. The van der Waals surface area contributed by atoms with E-state index in [1.807, 2.05) is 25.1 Å². The summed E-state index contributed by atoms with van der Waals surface area (Å²) in [5.41, 5.74) is 2.36. The Labute approximate surface area is 109 Å². The molecule has 0 spiro atoms. The molecule has 0 aliphatic carbocycles. The highest BCUT2D eigenvalue weighted by atomic mass is 35.5. The summed E-state index contributed by atoms with van der Waals surface area (Å²) in [7, 11) is 0. The van der Waals surface area contributed by atoms with Crippen molar-refractivity contribution in [3.8, 4) is 0 Å². The first-order chi connectivity index (χ1) is 8.15. The molecule has 4 heteroatoms. The zero-order valence-corrected chi connectivity index (χ0v) is 10.9. The molecule has 2 rings (SSSR count). The molecule has 1 heterocycles. The highest BCUT2D eigenvalue weighted by molar-refractivity contribution is 7.98. The first kappa shape index (κ1) is 12.4. The lowest BCUT2D eigenvalue weighted by Crippen LogP contribution is -1.88. The number of thioether (sulfide) groups is 1. The van der Waals surface area contributed by atoms with Crippen molar-refractivity contribution in [1.82, 2.24) is 4.98 Å². The van der Waals surface area contributed by atoms with Gasteiger partial charge in [-0.05, 0) is 18.6 Å². The lowest BCUT2D eigenvalue weighted by Gasteiger charge is -2.03. The second-order valence-corrected chi connectivity index (χ2v) is 5.12. The van der Waals surface area contributed by atoms with Crippen LogP contribution in [0.5, 0.6) is 0 Å². The summed E-state index contributed by atoms with van der Waals surface area (Å²) in [5, 5.41) is 0.707. The van der Waals surface area contributed by atoms with Crippen LogP contribution in [0.1, 0.15) is 11.1 Å². The summed E-state index contributed by atoms with van der Waals surface area (Å²) in [5.74, 6) is 0.336. The lowest BCUT2D eigenvalue weighted by molar-refractivity contribution is 0.588. The maximum Gasteiger partial charge on any atom is 0.156 e. The smallest absolute Gasteiger partial charge is 0.156 e. The quantitative estimate of drug-likeness (QED) is 0.761. The number of pyridine rings is 1. The van der Waals surface area contributed by atoms with Crippen molar-refractivity contribution in [2.45, 2.75) is 17.7 Å². The van der Waals surface area contributed by atoms with Gasteiger partial charge >= 0.3 is 0 Å². The van der Waals surface area contributed by atoms with E-state index in [1.165, 1.54) is 29.6 Å². The first-order valence-electron chi connectivity index (χ1n) is 5.14. The predicted molar refractivity (Wildman–Crippen MR) is 69.9 cm³/mol. The third-order valence-corrected chi connectivity index (χ3v) is 3.49. The Morgan fingerprint density at radius 3 is 2.88 bits per heavy atom. The number of rotatable bonds is 3. The second kappa shape index (κ2) is 5.52. The molecule has 0 aliphatic rings. The fraction of sp³-hybridized carbons (Fsp3) is 0.154. The van der Waals surface area contributed by atoms with Gasteiger partial charge in [0.05, 0.1) is 5.02 Å². The van der Waals surface area contributed by atoms with Gasteiger partial charge in [-0.3, -0.25) is 0 Å².